The van der Waals surface area contributed by atoms with Gasteiger partial charge in [-0.25, -0.2) is 14.4 Å². The SMILES string of the molecule is CC(C)(C)OC[C@H](NC(=O)OC(C)(C)C)C(=O)NCC(=O)NCC(=O)NCC(=O)NCC(=O)O.CC(C)(C)OC[C@H](NC(=O)OC(C)(C)C)C(=O)NCC(=O)NCC(=O)NCC(=O)NCC(=O)S.CC(C)(C)OC[C@H](NC(=O)OC(C)(C)C)C(=O)NCC(=O)NCC(=O)NCC(=O)NCC(=O)SCC1c2ccccc2-c2ccccc21.S.S.S.SCC1c2ccccc2-c2ccccc21. The minimum atomic E-state index is -1.23. The molecule has 0 fully saturated rings. The Labute approximate surface area is 817 Å². The predicted octanol–water partition coefficient (Wildman–Crippen LogP) is 3.16. The summed E-state index contributed by atoms with van der Waals surface area (Å²) in [5, 5.41) is 42.5. The number of aliphatic carboxylic acids is 1. The Bertz CT molecular complexity index is 4430. The molecule has 0 saturated carbocycles. The van der Waals surface area contributed by atoms with Crippen molar-refractivity contribution in [1.82, 2.24) is 79.8 Å². The molecule has 16 N–H and O–H groups in total. The third kappa shape index (κ3) is 53.3. The smallest absolute Gasteiger partial charge is 0.408 e. The van der Waals surface area contributed by atoms with E-state index in [2.05, 4.69) is 178 Å². The Kier molecular flexibility index (Phi) is 54.9. The van der Waals surface area contributed by atoms with Gasteiger partial charge in [0.2, 0.25) is 81.1 Å². The molecule has 0 aromatic heterocycles. The van der Waals surface area contributed by atoms with E-state index in [4.69, 9.17) is 33.5 Å². The average molecular weight is 1990 g/mol. The van der Waals surface area contributed by atoms with Crippen LogP contribution in [0.1, 0.15) is 159 Å². The van der Waals surface area contributed by atoms with Crippen molar-refractivity contribution in [1.29, 1.82) is 0 Å². The number of carboxylic acid groups (broad SMARTS) is 1. The molecule has 6 rings (SSSR count). The van der Waals surface area contributed by atoms with Gasteiger partial charge in [0.25, 0.3) is 0 Å². The first-order valence-electron chi connectivity index (χ1n) is 41.6. The van der Waals surface area contributed by atoms with Crippen LogP contribution in [0.4, 0.5) is 14.4 Å². The molecule has 0 aliphatic heterocycles. The maximum absolute atomic E-state index is 12.7. The van der Waals surface area contributed by atoms with E-state index in [1.807, 2.05) is 24.3 Å². The number of ether oxygens (including phenoxy) is 6. The number of amides is 15. The molecule has 2 aliphatic carbocycles. The molecule has 0 bridgehead atoms. The Hall–Kier alpha value is -10.9. The topological polar surface area (TPSA) is 563 Å². The Balaban J connectivity index is 0.00000184. The fraction of sp³-hybridized carbons (Fsp3) is 0.523. The van der Waals surface area contributed by atoms with E-state index in [0.717, 1.165) is 17.5 Å². The lowest BCUT2D eigenvalue weighted by Gasteiger charge is -2.26. The number of hydrogen-bond acceptors (Lipinski definition) is 26. The van der Waals surface area contributed by atoms with Crippen LogP contribution in [0.15, 0.2) is 97.1 Å². The molecule has 746 valence electrons. The Morgan fingerprint density at radius 2 is 0.530 bits per heavy atom. The van der Waals surface area contributed by atoms with Crippen LogP contribution in [0.3, 0.4) is 0 Å². The zero-order valence-corrected chi connectivity index (χ0v) is 84.3. The molecular weight excluding hydrogens is 1860 g/mol. The van der Waals surface area contributed by atoms with Crippen LogP contribution in [0.25, 0.3) is 22.3 Å². The third-order valence-corrected chi connectivity index (χ3v) is 18.3. The Morgan fingerprint density at radius 3 is 0.754 bits per heavy atom. The summed E-state index contributed by atoms with van der Waals surface area (Å²) in [5.74, 6) is -7.29. The second kappa shape index (κ2) is 59.8. The summed E-state index contributed by atoms with van der Waals surface area (Å²) in [6.07, 6.45) is -2.48. The second-order valence-electron chi connectivity index (χ2n) is 35.1. The van der Waals surface area contributed by atoms with Gasteiger partial charge < -0.3 is 113 Å². The highest BCUT2D eigenvalue weighted by molar-refractivity contribution is 8.13. The standard InChI is InChI=1S/C34H45N5O8S.C20H35N5O9.C20H35N5O8S.C14H12S.3H2S/c1-33(2,3)46-19-26(39-32(45)47-34(4,5)6)31(44)38-17-29(42)36-15-27(40)35-16-28(41)37-18-30(43)48-20-25-23-13-9-7-11-21(23)22-12-8-10-14-24(22)25;1-19(2,3)33-11-12(25-18(32)34-20(4,5)6)17(31)24-9-15(28)22-7-13(26)21-8-14(27)23-10-16(29)30;1-19(2,3)32-11-12(25-18(31)33-20(4,5)6)17(30)24-9-15(28)22-7-13(26)21-8-14(27)23-10-16(29)34;15-9-14-12-7-3-1-5-10(12)11-6-2-4-8-13(11)14;;;/h7-14,25-26H,15-20H2,1-6H3,(H,35,40)(H,36,42)(H,37,41)(H,38,44)(H,39,45);12H,7-11H2,1-6H3,(H,21,26)(H,22,28)(H,23,27)(H,24,31)(H,25,32)(H,29,30);12H,7-11H2,1-6H3,(H,21,26)(H,22,28)(H,23,27)(H,24,30)(H,25,31)(H,29,34);1-8,14-15H,9H2;3*1H2/t26-;2*12-;;;;/m000..../s1. The van der Waals surface area contributed by atoms with Crippen molar-refractivity contribution in [3.05, 3.63) is 119 Å². The first-order valence-corrected chi connectivity index (χ1v) is 43.7. The van der Waals surface area contributed by atoms with Crippen LogP contribution in [0.5, 0.6) is 0 Å². The molecule has 134 heavy (non-hydrogen) atoms. The Morgan fingerprint density at radius 1 is 0.313 bits per heavy atom. The molecule has 46 heteroatoms. The van der Waals surface area contributed by atoms with Crippen molar-refractivity contribution < 1.29 is 120 Å². The van der Waals surface area contributed by atoms with Crippen molar-refractivity contribution in [2.24, 2.45) is 0 Å². The molecule has 0 radical (unpaired) electrons. The van der Waals surface area contributed by atoms with Crippen LogP contribution in [-0.4, -0.2) is 272 Å². The fourth-order valence-corrected chi connectivity index (χ4v) is 12.4. The first-order chi connectivity index (χ1) is 60.9. The molecule has 0 spiro atoms. The third-order valence-electron chi connectivity index (χ3n) is 16.8. The van der Waals surface area contributed by atoms with Crippen LogP contribution in [-0.2, 0) is 100 Å². The summed E-state index contributed by atoms with van der Waals surface area (Å²) >= 11 is 9.10. The number of rotatable bonds is 39. The number of carbonyl (C=O) groups is 18. The maximum Gasteiger partial charge on any atom is 0.408 e. The summed E-state index contributed by atoms with van der Waals surface area (Å²) in [4.78, 5) is 214. The van der Waals surface area contributed by atoms with Crippen LogP contribution < -0.4 is 79.8 Å². The number of carboxylic acids is 1. The van der Waals surface area contributed by atoms with E-state index in [9.17, 15) is 86.3 Å². The van der Waals surface area contributed by atoms with Crippen LogP contribution in [0, 0.1) is 0 Å². The van der Waals surface area contributed by atoms with E-state index < -0.39 is 217 Å². The number of nitrogens with one attached hydrogen (secondary N) is 15. The number of fused-ring (bicyclic) bond motifs is 6. The van der Waals surface area contributed by atoms with Gasteiger partial charge in [-0.15, -0.1) is 12.6 Å². The van der Waals surface area contributed by atoms with Gasteiger partial charge in [0, 0.05) is 23.3 Å². The molecule has 15 amide bonds. The molecular formula is C88H133N15O25S6. The molecule has 4 aromatic rings. The van der Waals surface area contributed by atoms with E-state index in [0.29, 0.717) is 11.7 Å². The summed E-state index contributed by atoms with van der Waals surface area (Å²) < 4.78 is 32.2. The summed E-state index contributed by atoms with van der Waals surface area (Å²) in [5.41, 5.74) is 6.16. The molecule has 2 aliphatic rings. The monoisotopic (exact) mass is 1990 g/mol. The summed E-state index contributed by atoms with van der Waals surface area (Å²) in [7, 11) is 0. The van der Waals surface area contributed by atoms with Crippen molar-refractivity contribution in [2.75, 3.05) is 110 Å². The number of benzene rings is 4. The number of alkyl carbamates (subject to hydrolysis) is 3. The zero-order valence-electron chi connectivity index (χ0n) is 78.7. The van der Waals surface area contributed by atoms with E-state index in [1.165, 1.54) is 44.5 Å². The van der Waals surface area contributed by atoms with Crippen molar-refractivity contribution >= 4 is 183 Å². The molecule has 0 saturated heterocycles. The second-order valence-corrected chi connectivity index (χ2v) is 37.1. The van der Waals surface area contributed by atoms with E-state index >= 15 is 0 Å². The van der Waals surface area contributed by atoms with Gasteiger partial charge >= 0.3 is 24.2 Å². The van der Waals surface area contributed by atoms with Crippen LogP contribution in [0.2, 0.25) is 0 Å². The molecule has 0 unspecified atom stereocenters. The summed E-state index contributed by atoms with van der Waals surface area (Å²) in [6.45, 7) is 25.4. The van der Waals surface area contributed by atoms with E-state index in [-0.39, 0.29) is 84.4 Å². The largest absolute Gasteiger partial charge is 0.480 e. The van der Waals surface area contributed by atoms with Crippen molar-refractivity contribution in [2.45, 2.75) is 188 Å². The van der Waals surface area contributed by atoms with Crippen molar-refractivity contribution in [3.63, 3.8) is 0 Å². The van der Waals surface area contributed by atoms with Gasteiger partial charge in [-0.1, -0.05) is 109 Å². The highest BCUT2D eigenvalue weighted by Crippen LogP contribution is 2.46. The van der Waals surface area contributed by atoms with Gasteiger partial charge in [-0.3, -0.25) is 71.9 Å². The highest BCUT2D eigenvalue weighted by Gasteiger charge is 2.34. The fourth-order valence-electron chi connectivity index (χ4n) is 11.0. The zero-order chi connectivity index (χ0) is 98.8. The first kappa shape index (κ1) is 123. The van der Waals surface area contributed by atoms with Gasteiger partial charge in [0.05, 0.1) is 109 Å². The van der Waals surface area contributed by atoms with Crippen molar-refractivity contribution in [3.8, 4) is 22.3 Å². The minimum Gasteiger partial charge on any atom is -0.480 e. The minimum absolute atomic E-state index is 0. The summed E-state index contributed by atoms with van der Waals surface area (Å²) in [6, 6.07) is 30.1. The number of thiol groups is 2. The number of carbonyl (C=O) groups excluding carboxylic acids is 17. The molecule has 4 aromatic carbocycles. The lowest BCUT2D eigenvalue weighted by molar-refractivity contribution is -0.138. The highest BCUT2D eigenvalue weighted by atomic mass is 32.2. The van der Waals surface area contributed by atoms with Gasteiger partial charge in [-0.05, 0) is 169 Å². The molecule has 0 heterocycles. The average Bonchev–Trinajstić information content (AvgIpc) is 1.62. The lowest BCUT2D eigenvalue weighted by atomic mass is 9.99. The number of thioether (sulfide) groups is 1. The molecule has 3 atom stereocenters. The van der Waals surface area contributed by atoms with E-state index in [1.54, 1.807) is 125 Å². The normalized spacial score (nSPS) is 12.3. The number of hydrogen-bond donors (Lipinski definition) is 18. The van der Waals surface area contributed by atoms with Gasteiger partial charge in [-0.2, -0.15) is 53.1 Å². The molecule has 40 nitrogen and oxygen atoms in total. The lowest BCUT2D eigenvalue weighted by Crippen LogP contribution is -2.53. The maximum atomic E-state index is 12.7. The van der Waals surface area contributed by atoms with Gasteiger partial charge in [0.15, 0.2) is 0 Å². The van der Waals surface area contributed by atoms with Crippen LogP contribution >= 0.6 is 77.5 Å². The van der Waals surface area contributed by atoms with Gasteiger partial charge in [0.1, 0.15) is 41.5 Å². The quantitative estimate of drug-likeness (QED) is 0.0225. The predicted molar refractivity (Wildman–Crippen MR) is 524 cm³/mol.